The van der Waals surface area contributed by atoms with Gasteiger partial charge in [-0.25, -0.2) is 4.98 Å². The van der Waals surface area contributed by atoms with Crippen molar-refractivity contribution < 1.29 is 9.30 Å². The number of para-hydroxylation sites is 1. The van der Waals surface area contributed by atoms with Crippen LogP contribution in [0.25, 0.3) is 50.1 Å². The number of hydrogen-bond acceptors (Lipinski definition) is 2. The highest BCUT2D eigenvalue weighted by Crippen LogP contribution is 2.45. The lowest BCUT2D eigenvalue weighted by Crippen LogP contribution is -2.29. The van der Waals surface area contributed by atoms with Gasteiger partial charge in [-0.15, -0.1) is 0 Å². The van der Waals surface area contributed by atoms with Crippen LogP contribution in [0.3, 0.4) is 0 Å². The SMILES string of the molecule is CC(C)(C)c1cc(-c2ccccc2)cc(-[n+]2[c-]n(-c3cc(Oc4cc(C(C)(C)c5ccccc5)c5c6ccccc6n(-c6cc(C(C)(C)C)ccn6)c5c4)cc(C(C)(C)c4ccccc4)c3)cc2)c1. The Morgan fingerprint density at radius 1 is 0.493 bits per heavy atom. The minimum absolute atomic E-state index is 0.0488. The monoisotopic (exact) mass is 902 g/mol. The number of fused-ring (bicyclic) bond motifs is 3. The Morgan fingerprint density at radius 2 is 1.12 bits per heavy atom. The molecule has 0 amide bonds. The van der Waals surface area contributed by atoms with Crippen LogP contribution in [0.2, 0.25) is 0 Å². The first-order valence-corrected chi connectivity index (χ1v) is 24.2. The van der Waals surface area contributed by atoms with Gasteiger partial charge in [-0.2, -0.15) is 0 Å². The van der Waals surface area contributed by atoms with E-state index >= 15 is 0 Å². The number of hydrogen-bond donors (Lipinski definition) is 0. The van der Waals surface area contributed by atoms with Crippen molar-refractivity contribution in [3.05, 3.63) is 234 Å². The van der Waals surface area contributed by atoms with Crippen LogP contribution < -0.4 is 9.30 Å². The molecule has 0 bridgehead atoms. The zero-order valence-corrected chi connectivity index (χ0v) is 41.7. The van der Waals surface area contributed by atoms with Crippen LogP contribution in [0.4, 0.5) is 0 Å². The fraction of sp³-hybridized carbons (Fsp3) is 0.219. The second-order valence-electron chi connectivity index (χ2n) is 21.7. The topological polar surface area (TPSA) is 35.9 Å². The molecule has 344 valence electrons. The number of imidazole rings is 1. The van der Waals surface area contributed by atoms with Crippen molar-refractivity contribution in [1.82, 2.24) is 14.1 Å². The lowest BCUT2D eigenvalue weighted by atomic mass is 9.76. The Labute approximate surface area is 408 Å². The highest BCUT2D eigenvalue weighted by atomic mass is 16.5. The van der Waals surface area contributed by atoms with E-state index in [0.717, 1.165) is 45.3 Å². The van der Waals surface area contributed by atoms with Gasteiger partial charge in [0.25, 0.3) is 6.33 Å². The molecular weight excluding hydrogens is 841 g/mol. The third-order valence-corrected chi connectivity index (χ3v) is 14.1. The minimum Gasteiger partial charge on any atom is -0.458 e. The summed E-state index contributed by atoms with van der Waals surface area (Å²) in [7, 11) is 0. The summed E-state index contributed by atoms with van der Waals surface area (Å²) >= 11 is 0. The first kappa shape index (κ1) is 45.3. The van der Waals surface area contributed by atoms with Crippen LogP contribution >= 0.6 is 0 Å². The maximum atomic E-state index is 7.30. The van der Waals surface area contributed by atoms with Crippen LogP contribution in [-0.2, 0) is 21.7 Å². The maximum absolute atomic E-state index is 7.30. The van der Waals surface area contributed by atoms with Gasteiger partial charge in [-0.1, -0.05) is 184 Å². The highest BCUT2D eigenvalue weighted by molar-refractivity contribution is 6.11. The van der Waals surface area contributed by atoms with Crippen molar-refractivity contribution in [3.63, 3.8) is 0 Å². The summed E-state index contributed by atoms with van der Waals surface area (Å²) in [6.07, 6.45) is 9.84. The van der Waals surface area contributed by atoms with Crippen molar-refractivity contribution in [1.29, 1.82) is 0 Å². The molecule has 0 N–H and O–H groups in total. The van der Waals surface area contributed by atoms with E-state index in [1.54, 1.807) is 0 Å². The Balaban J connectivity index is 1.16. The molecule has 0 aliphatic rings. The third-order valence-electron chi connectivity index (χ3n) is 14.1. The molecule has 10 rings (SSSR count). The predicted octanol–water partition coefficient (Wildman–Crippen LogP) is 15.8. The van der Waals surface area contributed by atoms with E-state index in [9.17, 15) is 0 Å². The van der Waals surface area contributed by atoms with Crippen LogP contribution in [0.1, 0.15) is 103 Å². The largest absolute Gasteiger partial charge is 0.458 e. The molecule has 0 unspecified atom stereocenters. The lowest BCUT2D eigenvalue weighted by molar-refractivity contribution is -0.599. The quantitative estimate of drug-likeness (QED) is 0.101. The van der Waals surface area contributed by atoms with Gasteiger partial charge >= 0.3 is 0 Å². The molecule has 0 radical (unpaired) electrons. The zero-order chi connectivity index (χ0) is 48.3. The number of ether oxygens (including phenoxy) is 1. The van der Waals surface area contributed by atoms with Gasteiger partial charge in [0.15, 0.2) is 0 Å². The molecule has 10 aromatic rings. The number of aromatic nitrogens is 4. The molecule has 5 nitrogen and oxygen atoms in total. The smallest absolute Gasteiger partial charge is 0.268 e. The van der Waals surface area contributed by atoms with Crippen molar-refractivity contribution >= 4 is 21.8 Å². The molecule has 0 saturated carbocycles. The molecule has 7 aromatic carbocycles. The molecule has 5 heteroatoms. The van der Waals surface area contributed by atoms with Crippen molar-refractivity contribution in [3.8, 4) is 39.8 Å². The van der Waals surface area contributed by atoms with E-state index < -0.39 is 5.41 Å². The molecule has 0 aliphatic heterocycles. The second kappa shape index (κ2) is 17.2. The molecular formula is C64H62N4O. The van der Waals surface area contributed by atoms with E-state index in [0.29, 0.717) is 0 Å². The molecule has 0 fully saturated rings. The van der Waals surface area contributed by atoms with E-state index in [2.05, 4.69) is 278 Å². The molecule has 0 saturated heterocycles. The summed E-state index contributed by atoms with van der Waals surface area (Å²) in [5.41, 5.74) is 12.9. The Bertz CT molecular complexity index is 3470. The molecule has 69 heavy (non-hydrogen) atoms. The van der Waals surface area contributed by atoms with E-state index in [-0.39, 0.29) is 16.2 Å². The second-order valence-corrected chi connectivity index (χ2v) is 21.7. The number of rotatable bonds is 10. The summed E-state index contributed by atoms with van der Waals surface area (Å²) in [6, 6.07) is 63.2. The van der Waals surface area contributed by atoms with E-state index in [1.807, 2.05) is 6.20 Å². The molecule has 3 aromatic heterocycles. The first-order valence-electron chi connectivity index (χ1n) is 24.2. The average Bonchev–Trinajstić information content (AvgIpc) is 3.98. The maximum Gasteiger partial charge on any atom is 0.268 e. The normalized spacial score (nSPS) is 12.5. The summed E-state index contributed by atoms with van der Waals surface area (Å²) in [5, 5.41) is 2.36. The van der Waals surface area contributed by atoms with Crippen LogP contribution in [0, 0.1) is 6.33 Å². The summed E-state index contributed by atoms with van der Waals surface area (Å²) < 4.78 is 13.8. The Kier molecular flexibility index (Phi) is 11.3. The number of nitrogens with zero attached hydrogens (tertiary/aromatic N) is 4. The van der Waals surface area contributed by atoms with Gasteiger partial charge in [0.2, 0.25) is 0 Å². The fourth-order valence-electron chi connectivity index (χ4n) is 9.77. The first-order chi connectivity index (χ1) is 32.9. The van der Waals surface area contributed by atoms with Gasteiger partial charge < -0.3 is 4.74 Å². The standard InChI is InChI=1S/C64H62N4O/c1-61(2,3)48-30-31-65-59(39-48)68-57-29-21-20-28-55(57)60-56(64(9,10)47-26-18-13-19-27-47)41-54(42-58(60)68)69-53-38-50(63(7,8)46-24-16-12-17-25-46)37-52(40-53)67-33-32-66(43-67)51-35-45(44-22-14-11-15-23-44)34-49(36-51)62(4,5)6/h11-42H,1-10H3. The molecule has 0 spiro atoms. The van der Waals surface area contributed by atoms with Gasteiger partial charge in [0, 0.05) is 46.3 Å². The van der Waals surface area contributed by atoms with Gasteiger partial charge in [0.05, 0.1) is 22.4 Å². The average molecular weight is 903 g/mol. The Hall–Kier alpha value is -7.50. The van der Waals surface area contributed by atoms with E-state index in [1.165, 1.54) is 49.7 Å². The number of pyridine rings is 1. The summed E-state index contributed by atoms with van der Waals surface area (Å²) in [4.78, 5) is 5.05. The van der Waals surface area contributed by atoms with Crippen LogP contribution in [0.5, 0.6) is 11.5 Å². The van der Waals surface area contributed by atoms with Crippen LogP contribution in [-0.4, -0.2) is 14.1 Å². The van der Waals surface area contributed by atoms with Gasteiger partial charge in [-0.3, -0.25) is 13.7 Å². The molecule has 0 aliphatic carbocycles. The van der Waals surface area contributed by atoms with Crippen molar-refractivity contribution in [2.24, 2.45) is 0 Å². The number of benzene rings is 7. The van der Waals surface area contributed by atoms with Gasteiger partial charge in [-0.05, 0) is 110 Å². The lowest BCUT2D eigenvalue weighted by Gasteiger charge is -2.29. The predicted molar refractivity (Wildman–Crippen MR) is 285 cm³/mol. The minimum atomic E-state index is -0.394. The molecule has 0 atom stereocenters. The van der Waals surface area contributed by atoms with Crippen LogP contribution in [0.15, 0.2) is 195 Å². The fourth-order valence-corrected chi connectivity index (χ4v) is 9.77. The zero-order valence-electron chi connectivity index (χ0n) is 41.7. The molecule has 3 heterocycles. The van der Waals surface area contributed by atoms with Crippen molar-refractivity contribution in [2.45, 2.75) is 90.9 Å². The highest BCUT2D eigenvalue weighted by Gasteiger charge is 2.31. The van der Waals surface area contributed by atoms with Crippen molar-refractivity contribution in [2.75, 3.05) is 0 Å². The summed E-state index contributed by atoms with van der Waals surface area (Å²) in [5.74, 6) is 2.36. The summed E-state index contributed by atoms with van der Waals surface area (Å²) in [6.45, 7) is 22.8. The Morgan fingerprint density at radius 3 is 1.80 bits per heavy atom. The van der Waals surface area contributed by atoms with Gasteiger partial charge in [0.1, 0.15) is 17.3 Å². The van der Waals surface area contributed by atoms with E-state index in [4.69, 9.17) is 9.72 Å². The third kappa shape index (κ3) is 8.67.